The van der Waals surface area contributed by atoms with Crippen molar-refractivity contribution < 1.29 is 0 Å². The second kappa shape index (κ2) is 3.91. The summed E-state index contributed by atoms with van der Waals surface area (Å²) in [6, 6.07) is 8.97. The van der Waals surface area contributed by atoms with E-state index < -0.39 is 0 Å². The van der Waals surface area contributed by atoms with Crippen LogP contribution in [0.3, 0.4) is 0 Å². The molecule has 1 aromatic rings. The van der Waals surface area contributed by atoms with Gasteiger partial charge in [0.15, 0.2) is 0 Å². The number of benzene rings is 1. The molecule has 0 nitrogen and oxygen atoms in total. The zero-order chi connectivity index (χ0) is 11.3. The zero-order valence-corrected chi connectivity index (χ0v) is 10.6. The van der Waals surface area contributed by atoms with Gasteiger partial charge in [0.05, 0.1) is 0 Å². The lowest BCUT2D eigenvalue weighted by molar-refractivity contribution is 0.233. The molecular formula is C16H26. The first-order valence-corrected chi connectivity index (χ1v) is 5.96. The largest absolute Gasteiger partial charge is 0.0776 e. The van der Waals surface area contributed by atoms with Crippen LogP contribution in [-0.2, 0) is 10.8 Å². The molecule has 1 unspecified atom stereocenters. The first kappa shape index (κ1) is 13.3. The normalized spacial score (nSPS) is 25.4. The first-order chi connectivity index (χ1) is 6.86. The third kappa shape index (κ3) is 1.79. The summed E-state index contributed by atoms with van der Waals surface area (Å²) in [7, 11) is 0. The zero-order valence-electron chi connectivity index (χ0n) is 10.6. The quantitative estimate of drug-likeness (QED) is 0.580. The van der Waals surface area contributed by atoms with Crippen LogP contribution in [0.2, 0.25) is 0 Å². The average Bonchev–Trinajstić information content (AvgIpc) is 2.15. The molecule has 2 rings (SSSR count). The Hall–Kier alpha value is -0.780. The van der Waals surface area contributed by atoms with E-state index in [0.717, 1.165) is 5.92 Å². The first-order valence-electron chi connectivity index (χ1n) is 5.96. The van der Waals surface area contributed by atoms with Crippen LogP contribution in [0.15, 0.2) is 24.3 Å². The van der Waals surface area contributed by atoms with Crippen molar-refractivity contribution in [2.45, 2.75) is 59.3 Å². The van der Waals surface area contributed by atoms with Gasteiger partial charge < -0.3 is 0 Å². The van der Waals surface area contributed by atoms with Gasteiger partial charge in [-0.2, -0.15) is 0 Å². The maximum absolute atomic E-state index is 2.39. The smallest absolute Gasteiger partial charge is 0.00747 e. The molecule has 0 saturated heterocycles. The highest BCUT2D eigenvalue weighted by Crippen LogP contribution is 2.48. The molecule has 1 atom stereocenters. The van der Waals surface area contributed by atoms with Crippen molar-refractivity contribution in [3.8, 4) is 0 Å². The summed E-state index contributed by atoms with van der Waals surface area (Å²) in [4.78, 5) is 0. The highest BCUT2D eigenvalue weighted by atomic mass is 14.4. The summed E-state index contributed by atoms with van der Waals surface area (Å²) >= 11 is 0. The van der Waals surface area contributed by atoms with Crippen LogP contribution in [0.4, 0.5) is 0 Å². The minimum Gasteiger partial charge on any atom is -0.0776 e. The topological polar surface area (TPSA) is 0 Å². The van der Waals surface area contributed by atoms with E-state index in [2.05, 4.69) is 58.9 Å². The standard InChI is InChI=1S/C15H22.CH4/c1-11-10-14(2,3)12-8-6-7-9-13(12)15(11,4)5;/h6-9,11H,10H2,1-5H3;1H4. The molecule has 0 aromatic heterocycles. The van der Waals surface area contributed by atoms with Gasteiger partial charge in [-0.1, -0.05) is 66.3 Å². The Labute approximate surface area is 101 Å². The van der Waals surface area contributed by atoms with Gasteiger partial charge in [0, 0.05) is 0 Å². The Morgan fingerprint density at radius 1 is 1.00 bits per heavy atom. The van der Waals surface area contributed by atoms with Crippen LogP contribution < -0.4 is 0 Å². The summed E-state index contributed by atoms with van der Waals surface area (Å²) in [5.74, 6) is 0.752. The molecule has 0 fully saturated rings. The van der Waals surface area contributed by atoms with Crippen molar-refractivity contribution in [2.75, 3.05) is 0 Å². The van der Waals surface area contributed by atoms with Crippen LogP contribution in [0.1, 0.15) is 59.6 Å². The molecule has 0 amide bonds. The molecule has 90 valence electrons. The molecule has 16 heavy (non-hydrogen) atoms. The van der Waals surface area contributed by atoms with Crippen molar-refractivity contribution in [1.29, 1.82) is 0 Å². The van der Waals surface area contributed by atoms with E-state index in [0.29, 0.717) is 10.8 Å². The summed E-state index contributed by atoms with van der Waals surface area (Å²) in [6.45, 7) is 11.9. The van der Waals surface area contributed by atoms with Crippen LogP contribution >= 0.6 is 0 Å². The number of rotatable bonds is 0. The Balaban J connectivity index is 0.00000128. The molecule has 1 aliphatic rings. The number of fused-ring (bicyclic) bond motifs is 1. The minimum absolute atomic E-state index is 0. The van der Waals surface area contributed by atoms with Crippen LogP contribution in [0.5, 0.6) is 0 Å². The van der Waals surface area contributed by atoms with E-state index in [9.17, 15) is 0 Å². The van der Waals surface area contributed by atoms with Crippen molar-refractivity contribution in [2.24, 2.45) is 5.92 Å². The second-order valence-electron chi connectivity index (χ2n) is 6.26. The molecule has 1 aliphatic carbocycles. The van der Waals surface area contributed by atoms with Gasteiger partial charge in [0.25, 0.3) is 0 Å². The van der Waals surface area contributed by atoms with Gasteiger partial charge in [0.1, 0.15) is 0 Å². The summed E-state index contributed by atoms with van der Waals surface area (Å²) in [5.41, 5.74) is 3.76. The van der Waals surface area contributed by atoms with Crippen molar-refractivity contribution in [1.82, 2.24) is 0 Å². The van der Waals surface area contributed by atoms with Gasteiger partial charge >= 0.3 is 0 Å². The fourth-order valence-electron chi connectivity index (χ4n) is 3.03. The Morgan fingerprint density at radius 3 is 2.06 bits per heavy atom. The lowest BCUT2D eigenvalue weighted by Crippen LogP contribution is -2.40. The van der Waals surface area contributed by atoms with Crippen LogP contribution in [-0.4, -0.2) is 0 Å². The van der Waals surface area contributed by atoms with E-state index in [-0.39, 0.29) is 7.43 Å². The van der Waals surface area contributed by atoms with Gasteiger partial charge in [-0.25, -0.2) is 0 Å². The predicted octanol–water partition coefficient (Wildman–Crippen LogP) is 4.92. The molecule has 0 aliphatic heterocycles. The average molecular weight is 218 g/mol. The lowest BCUT2D eigenvalue weighted by atomic mass is 9.58. The van der Waals surface area contributed by atoms with Crippen molar-refractivity contribution in [3.05, 3.63) is 35.4 Å². The highest BCUT2D eigenvalue weighted by Gasteiger charge is 2.41. The Morgan fingerprint density at radius 2 is 1.50 bits per heavy atom. The van der Waals surface area contributed by atoms with Gasteiger partial charge in [-0.3, -0.25) is 0 Å². The molecule has 0 spiro atoms. The molecule has 0 heterocycles. The number of hydrogen-bond acceptors (Lipinski definition) is 0. The van der Waals surface area contributed by atoms with E-state index in [1.54, 1.807) is 11.1 Å². The number of hydrogen-bond donors (Lipinski definition) is 0. The van der Waals surface area contributed by atoms with Crippen LogP contribution in [0, 0.1) is 5.92 Å². The van der Waals surface area contributed by atoms with Crippen molar-refractivity contribution >= 4 is 0 Å². The predicted molar refractivity (Wildman–Crippen MR) is 73.0 cm³/mol. The maximum Gasteiger partial charge on any atom is -0.00747 e. The monoisotopic (exact) mass is 218 g/mol. The van der Waals surface area contributed by atoms with E-state index >= 15 is 0 Å². The Bertz CT molecular complexity index is 371. The maximum atomic E-state index is 2.39. The molecule has 0 heteroatoms. The summed E-state index contributed by atoms with van der Waals surface area (Å²) in [5, 5.41) is 0. The van der Waals surface area contributed by atoms with E-state index in [4.69, 9.17) is 0 Å². The minimum atomic E-state index is 0. The van der Waals surface area contributed by atoms with E-state index in [1.165, 1.54) is 6.42 Å². The van der Waals surface area contributed by atoms with Gasteiger partial charge in [-0.15, -0.1) is 0 Å². The third-order valence-corrected chi connectivity index (χ3v) is 4.40. The Kier molecular flexibility index (Phi) is 3.24. The van der Waals surface area contributed by atoms with Crippen LogP contribution in [0.25, 0.3) is 0 Å². The molecule has 0 radical (unpaired) electrons. The van der Waals surface area contributed by atoms with Gasteiger partial charge in [0.2, 0.25) is 0 Å². The summed E-state index contributed by atoms with van der Waals surface area (Å²) in [6.07, 6.45) is 1.29. The molecule has 0 N–H and O–H groups in total. The van der Waals surface area contributed by atoms with E-state index in [1.807, 2.05) is 0 Å². The third-order valence-electron chi connectivity index (χ3n) is 4.40. The fourth-order valence-corrected chi connectivity index (χ4v) is 3.03. The fraction of sp³-hybridized carbons (Fsp3) is 0.625. The molecule has 1 aromatic carbocycles. The van der Waals surface area contributed by atoms with Crippen molar-refractivity contribution in [3.63, 3.8) is 0 Å². The molecular weight excluding hydrogens is 192 g/mol. The lowest BCUT2D eigenvalue weighted by Gasteiger charge is -2.46. The second-order valence-corrected chi connectivity index (χ2v) is 6.26. The van der Waals surface area contributed by atoms with Gasteiger partial charge in [-0.05, 0) is 34.3 Å². The SMILES string of the molecule is C.CC1CC(C)(C)c2ccccc2C1(C)C. The highest BCUT2D eigenvalue weighted by molar-refractivity contribution is 5.41. The molecule has 0 bridgehead atoms. The summed E-state index contributed by atoms with van der Waals surface area (Å²) < 4.78 is 0. The molecule has 0 saturated carbocycles.